The van der Waals surface area contributed by atoms with Gasteiger partial charge in [-0.15, -0.1) is 0 Å². The van der Waals surface area contributed by atoms with E-state index in [0.29, 0.717) is 35.2 Å². The summed E-state index contributed by atoms with van der Waals surface area (Å²) in [7, 11) is 0. The lowest BCUT2D eigenvalue weighted by Gasteiger charge is -2.45. The zero-order valence-corrected chi connectivity index (χ0v) is 22.4. The Morgan fingerprint density at radius 3 is 2.49 bits per heavy atom. The normalized spacial score (nSPS) is 33.5. The largest absolute Gasteiger partial charge is 0.393 e. The van der Waals surface area contributed by atoms with Gasteiger partial charge in [0.2, 0.25) is 0 Å². The van der Waals surface area contributed by atoms with Crippen LogP contribution < -0.4 is 0 Å². The molecule has 3 rings (SSSR count). The first-order chi connectivity index (χ1) is 16.0. The van der Waals surface area contributed by atoms with E-state index in [0.717, 1.165) is 44.1 Å². The van der Waals surface area contributed by atoms with Gasteiger partial charge < -0.3 is 10.2 Å². The number of hydrogen-bond donors (Lipinski definition) is 2. The number of rotatable bonds is 10. The fraction of sp³-hybridized carbons (Fsp3) is 0.812. The highest BCUT2D eigenvalue weighted by molar-refractivity contribution is 5.38. The standard InChI is InChI=1S/C31H51FO2.CH4/c1-22(33)10-6-12-25(13-8-20-30(3,4)34)27-18-19-28-26(14-9-21-31(27,28)5)17-16-24-11-7-15-29(32)23(24)2;/h16-17,22,25,27-29,33-34H,2,6-15,18-21H2,1,3-5H3;1H4/b24-16-,26-17+;/t22?,25?,27?,28?,29-,31+;/m0./s1. The van der Waals surface area contributed by atoms with Crippen molar-refractivity contribution in [3.05, 3.63) is 35.5 Å². The minimum Gasteiger partial charge on any atom is -0.393 e. The summed E-state index contributed by atoms with van der Waals surface area (Å²) < 4.78 is 14.1. The molecular formula is C32H55FO2. The molecule has 0 aromatic carbocycles. The summed E-state index contributed by atoms with van der Waals surface area (Å²) in [4.78, 5) is 0. The van der Waals surface area contributed by atoms with Crippen LogP contribution in [-0.2, 0) is 0 Å². The quantitative estimate of drug-likeness (QED) is 0.321. The summed E-state index contributed by atoms with van der Waals surface area (Å²) in [6.07, 6.45) is 18.5. The van der Waals surface area contributed by atoms with Crippen LogP contribution >= 0.6 is 0 Å². The fourth-order valence-corrected chi connectivity index (χ4v) is 7.48. The molecule has 4 unspecified atom stereocenters. The van der Waals surface area contributed by atoms with Gasteiger partial charge in [-0.25, -0.2) is 4.39 Å². The number of allylic oxidation sites excluding steroid dienone is 5. The number of halogens is 1. The second-order valence-electron chi connectivity index (χ2n) is 12.7. The van der Waals surface area contributed by atoms with Crippen LogP contribution in [-0.4, -0.2) is 28.1 Å². The van der Waals surface area contributed by atoms with E-state index in [2.05, 4.69) is 25.7 Å². The second kappa shape index (κ2) is 13.0. The Morgan fingerprint density at radius 1 is 1.09 bits per heavy atom. The lowest BCUT2D eigenvalue weighted by atomic mass is 9.60. The predicted octanol–water partition coefficient (Wildman–Crippen LogP) is 8.88. The molecule has 0 heterocycles. The van der Waals surface area contributed by atoms with Crippen molar-refractivity contribution in [2.75, 3.05) is 0 Å². The summed E-state index contributed by atoms with van der Waals surface area (Å²) in [5.41, 5.74) is 3.14. The van der Waals surface area contributed by atoms with E-state index >= 15 is 0 Å². The topological polar surface area (TPSA) is 40.5 Å². The van der Waals surface area contributed by atoms with E-state index in [-0.39, 0.29) is 13.5 Å². The van der Waals surface area contributed by atoms with Gasteiger partial charge in [0.05, 0.1) is 11.7 Å². The maximum Gasteiger partial charge on any atom is 0.125 e. The number of alkyl halides is 1. The van der Waals surface area contributed by atoms with E-state index in [1.54, 1.807) is 5.57 Å². The summed E-state index contributed by atoms with van der Waals surface area (Å²) >= 11 is 0. The lowest BCUT2D eigenvalue weighted by molar-refractivity contribution is 0.0548. The Kier molecular flexibility index (Phi) is 11.3. The van der Waals surface area contributed by atoms with Crippen LogP contribution in [0.5, 0.6) is 0 Å². The average Bonchev–Trinajstić information content (AvgIpc) is 3.10. The monoisotopic (exact) mass is 490 g/mol. The van der Waals surface area contributed by atoms with Gasteiger partial charge in [0.25, 0.3) is 0 Å². The Labute approximate surface area is 216 Å². The first kappa shape index (κ1) is 30.3. The van der Waals surface area contributed by atoms with Crippen molar-refractivity contribution in [2.24, 2.45) is 23.2 Å². The van der Waals surface area contributed by atoms with Crippen LogP contribution in [0.2, 0.25) is 0 Å². The number of aliphatic hydroxyl groups is 2. The van der Waals surface area contributed by atoms with E-state index in [4.69, 9.17) is 0 Å². The van der Waals surface area contributed by atoms with Crippen molar-refractivity contribution in [1.29, 1.82) is 0 Å². The van der Waals surface area contributed by atoms with E-state index < -0.39 is 11.8 Å². The Balaban J connectivity index is 0.00000432. The van der Waals surface area contributed by atoms with Crippen molar-refractivity contribution in [2.45, 2.75) is 143 Å². The van der Waals surface area contributed by atoms with Gasteiger partial charge in [-0.2, -0.15) is 0 Å². The van der Waals surface area contributed by atoms with Crippen LogP contribution in [0.4, 0.5) is 4.39 Å². The van der Waals surface area contributed by atoms with Crippen molar-refractivity contribution >= 4 is 0 Å². The molecule has 0 aromatic heterocycles. The van der Waals surface area contributed by atoms with Crippen molar-refractivity contribution in [1.82, 2.24) is 0 Å². The van der Waals surface area contributed by atoms with Crippen LogP contribution in [0.3, 0.4) is 0 Å². The number of fused-ring (bicyclic) bond motifs is 1. The average molecular weight is 491 g/mol. The highest BCUT2D eigenvalue weighted by Crippen LogP contribution is 2.60. The summed E-state index contributed by atoms with van der Waals surface area (Å²) in [5, 5.41) is 20.1. The summed E-state index contributed by atoms with van der Waals surface area (Å²) in [6.45, 7) is 12.3. The molecule has 0 amide bonds. The Morgan fingerprint density at radius 2 is 1.80 bits per heavy atom. The van der Waals surface area contributed by atoms with Crippen LogP contribution in [0, 0.1) is 23.2 Å². The predicted molar refractivity (Wildman–Crippen MR) is 148 cm³/mol. The van der Waals surface area contributed by atoms with Gasteiger partial charge in [-0.05, 0) is 119 Å². The maximum atomic E-state index is 14.1. The molecule has 3 heteroatoms. The van der Waals surface area contributed by atoms with E-state index in [1.165, 1.54) is 44.9 Å². The molecule has 3 saturated carbocycles. The second-order valence-corrected chi connectivity index (χ2v) is 12.7. The van der Waals surface area contributed by atoms with E-state index in [9.17, 15) is 14.6 Å². The first-order valence-corrected chi connectivity index (χ1v) is 14.1. The summed E-state index contributed by atoms with van der Waals surface area (Å²) in [5.74, 6) is 2.01. The van der Waals surface area contributed by atoms with Gasteiger partial charge in [0, 0.05) is 0 Å². The first-order valence-electron chi connectivity index (χ1n) is 14.1. The van der Waals surface area contributed by atoms with Gasteiger partial charge in [-0.1, -0.05) is 64.3 Å². The molecule has 3 aliphatic rings. The number of aliphatic hydroxyl groups excluding tert-OH is 1. The molecule has 0 spiro atoms. The van der Waals surface area contributed by atoms with Crippen molar-refractivity contribution in [3.63, 3.8) is 0 Å². The van der Waals surface area contributed by atoms with Gasteiger partial charge in [0.1, 0.15) is 6.17 Å². The highest BCUT2D eigenvalue weighted by Gasteiger charge is 2.51. The molecule has 2 N–H and O–H groups in total. The lowest BCUT2D eigenvalue weighted by Crippen LogP contribution is -2.37. The Hall–Kier alpha value is -0.930. The summed E-state index contributed by atoms with van der Waals surface area (Å²) in [6, 6.07) is 0. The molecule has 2 nitrogen and oxygen atoms in total. The van der Waals surface area contributed by atoms with E-state index in [1.807, 2.05) is 20.8 Å². The van der Waals surface area contributed by atoms with Crippen LogP contribution in [0.1, 0.15) is 125 Å². The molecule has 0 aromatic rings. The molecule has 0 aliphatic heterocycles. The molecule has 3 fully saturated rings. The minimum atomic E-state index is -0.864. The third-order valence-corrected chi connectivity index (χ3v) is 9.36. The van der Waals surface area contributed by atoms with Crippen molar-refractivity contribution in [3.8, 4) is 0 Å². The van der Waals surface area contributed by atoms with Crippen LogP contribution in [0.25, 0.3) is 0 Å². The van der Waals surface area contributed by atoms with Crippen molar-refractivity contribution < 1.29 is 14.6 Å². The number of hydrogen-bond acceptors (Lipinski definition) is 2. The van der Waals surface area contributed by atoms with Gasteiger partial charge >= 0.3 is 0 Å². The maximum absolute atomic E-state index is 14.1. The fourth-order valence-electron chi connectivity index (χ4n) is 7.48. The Bertz CT molecular complexity index is 743. The zero-order valence-electron chi connectivity index (χ0n) is 22.4. The smallest absolute Gasteiger partial charge is 0.125 e. The third kappa shape index (κ3) is 8.03. The molecule has 6 atom stereocenters. The van der Waals surface area contributed by atoms with Gasteiger partial charge in [0.15, 0.2) is 0 Å². The molecule has 0 saturated heterocycles. The molecule has 35 heavy (non-hydrogen) atoms. The van der Waals surface area contributed by atoms with Gasteiger partial charge in [-0.3, -0.25) is 0 Å². The molecule has 0 bridgehead atoms. The molecule has 0 radical (unpaired) electrons. The molecule has 3 aliphatic carbocycles. The zero-order chi connectivity index (χ0) is 24.9. The van der Waals surface area contributed by atoms with Crippen LogP contribution in [0.15, 0.2) is 35.5 Å². The SMILES string of the molecule is C.C=C1/C(=C\C=C2/CCC[C@@]3(C)C2CCC3C(CCCC(C)O)CCCC(C)(C)O)CCC[C@@H]1F. The minimum absolute atomic E-state index is 0. The highest BCUT2D eigenvalue weighted by atomic mass is 19.1. The third-order valence-electron chi connectivity index (χ3n) is 9.36. The molecule has 202 valence electrons. The molecular weight excluding hydrogens is 435 g/mol.